The fraction of sp³-hybridized carbons (Fsp3) is 0.143. The number of rotatable bonds is 5. The highest BCUT2D eigenvalue weighted by atomic mass is 16.5. The van der Waals surface area contributed by atoms with Crippen molar-refractivity contribution < 1.29 is 9.32 Å². The predicted molar refractivity (Wildman–Crippen MR) is 108 cm³/mol. The van der Waals surface area contributed by atoms with Gasteiger partial charge < -0.3 is 15.2 Å². The van der Waals surface area contributed by atoms with Crippen molar-refractivity contribution in [1.82, 2.24) is 25.7 Å². The summed E-state index contributed by atoms with van der Waals surface area (Å²) in [5.41, 5.74) is 4.23. The number of nitrogens with zero attached hydrogens (tertiary/aromatic N) is 3. The molecule has 29 heavy (non-hydrogen) atoms. The van der Waals surface area contributed by atoms with Gasteiger partial charge in [-0.15, -0.1) is 0 Å². The number of carbonyl (C=O) groups excluding carboxylic acids is 1. The highest BCUT2D eigenvalue weighted by molar-refractivity contribution is 5.90. The Morgan fingerprint density at radius 3 is 2.62 bits per heavy atom. The molecule has 2 heterocycles. The van der Waals surface area contributed by atoms with E-state index < -0.39 is 0 Å². The van der Waals surface area contributed by atoms with Gasteiger partial charge in [-0.25, -0.2) is 4.79 Å². The van der Waals surface area contributed by atoms with Gasteiger partial charge in [0.1, 0.15) is 0 Å². The summed E-state index contributed by atoms with van der Waals surface area (Å²) in [7, 11) is 0. The molecule has 1 saturated carbocycles. The summed E-state index contributed by atoms with van der Waals surface area (Å²) in [6.45, 7) is 0. The molecule has 4 aromatic rings. The number of aromatic nitrogens is 4. The van der Waals surface area contributed by atoms with Crippen molar-refractivity contribution in [3.8, 4) is 34.1 Å². The average molecular weight is 386 g/mol. The van der Waals surface area contributed by atoms with E-state index in [4.69, 9.17) is 4.52 Å². The topological polar surface area (TPSA) is 109 Å². The van der Waals surface area contributed by atoms with Crippen LogP contribution in [0.4, 0.5) is 10.5 Å². The summed E-state index contributed by atoms with van der Waals surface area (Å²) in [5.74, 6) is 0.893. The summed E-state index contributed by atoms with van der Waals surface area (Å²) < 4.78 is 5.44. The van der Waals surface area contributed by atoms with E-state index in [9.17, 15) is 4.79 Å². The van der Waals surface area contributed by atoms with Crippen molar-refractivity contribution >= 4 is 11.7 Å². The van der Waals surface area contributed by atoms with E-state index in [1.165, 1.54) is 0 Å². The van der Waals surface area contributed by atoms with Gasteiger partial charge in [0, 0.05) is 29.1 Å². The lowest BCUT2D eigenvalue weighted by molar-refractivity contribution is 0.251. The minimum Gasteiger partial charge on any atom is -0.335 e. The minimum absolute atomic E-state index is 0.201. The molecule has 1 aliphatic carbocycles. The quantitative estimate of drug-likeness (QED) is 0.479. The smallest absolute Gasteiger partial charge is 0.319 e. The highest BCUT2D eigenvalue weighted by Gasteiger charge is 2.23. The summed E-state index contributed by atoms with van der Waals surface area (Å²) in [6.07, 6.45) is 3.80. The van der Waals surface area contributed by atoms with Crippen LogP contribution in [0.2, 0.25) is 0 Å². The van der Waals surface area contributed by atoms with Crippen LogP contribution in [-0.4, -0.2) is 32.4 Å². The normalized spacial score (nSPS) is 13.2. The largest absolute Gasteiger partial charge is 0.335 e. The fourth-order valence-corrected chi connectivity index (χ4v) is 2.98. The van der Waals surface area contributed by atoms with Crippen molar-refractivity contribution in [2.75, 3.05) is 5.32 Å². The van der Waals surface area contributed by atoms with Crippen LogP contribution in [0.15, 0.2) is 65.3 Å². The first kappa shape index (κ1) is 17.2. The predicted octanol–water partition coefficient (Wildman–Crippen LogP) is 4.08. The second-order valence-corrected chi connectivity index (χ2v) is 6.92. The molecule has 2 aromatic heterocycles. The molecule has 1 fully saturated rings. The van der Waals surface area contributed by atoms with Gasteiger partial charge in [0.25, 0.3) is 5.89 Å². The average Bonchev–Trinajstić information content (AvgIpc) is 3.22. The molecular formula is C21H18N6O2. The number of nitrogens with one attached hydrogen (secondary N) is 3. The molecule has 8 nitrogen and oxygen atoms in total. The van der Waals surface area contributed by atoms with E-state index in [0.717, 1.165) is 35.2 Å². The molecule has 0 atom stereocenters. The van der Waals surface area contributed by atoms with Gasteiger partial charge in [0.2, 0.25) is 5.82 Å². The fourth-order valence-electron chi connectivity index (χ4n) is 2.98. The lowest BCUT2D eigenvalue weighted by Gasteiger charge is -2.07. The maximum atomic E-state index is 11.9. The number of carbonyl (C=O) groups is 1. The van der Waals surface area contributed by atoms with Gasteiger partial charge in [-0.1, -0.05) is 35.5 Å². The van der Waals surface area contributed by atoms with E-state index in [1.807, 2.05) is 54.6 Å². The Labute approximate surface area is 166 Å². The minimum atomic E-state index is -0.201. The number of hydrogen-bond acceptors (Lipinski definition) is 5. The first-order valence-electron chi connectivity index (χ1n) is 9.36. The number of urea groups is 1. The molecule has 0 bridgehead atoms. The van der Waals surface area contributed by atoms with Crippen LogP contribution in [0.25, 0.3) is 34.1 Å². The lowest BCUT2D eigenvalue weighted by atomic mass is 10.1. The maximum absolute atomic E-state index is 11.9. The lowest BCUT2D eigenvalue weighted by Crippen LogP contribution is -2.30. The molecule has 0 aliphatic heterocycles. The van der Waals surface area contributed by atoms with Crippen LogP contribution in [0.1, 0.15) is 12.8 Å². The van der Waals surface area contributed by atoms with Crippen molar-refractivity contribution in [2.24, 2.45) is 0 Å². The molecule has 5 rings (SSSR count). The second-order valence-electron chi connectivity index (χ2n) is 6.92. The third kappa shape index (κ3) is 3.86. The Bertz CT molecular complexity index is 1130. The monoisotopic (exact) mass is 386 g/mol. The molecule has 0 unspecified atom stereocenters. The Morgan fingerprint density at radius 1 is 1.03 bits per heavy atom. The van der Waals surface area contributed by atoms with Crippen molar-refractivity contribution in [2.45, 2.75) is 18.9 Å². The molecule has 0 spiro atoms. The number of H-pyrrole nitrogens is 1. The second kappa shape index (κ2) is 7.23. The summed E-state index contributed by atoms with van der Waals surface area (Å²) in [6, 6.07) is 17.2. The molecule has 0 radical (unpaired) electrons. The first-order chi connectivity index (χ1) is 14.2. The van der Waals surface area contributed by atoms with Crippen molar-refractivity contribution in [3.63, 3.8) is 0 Å². The number of amides is 2. The third-order valence-electron chi connectivity index (χ3n) is 4.66. The number of benzene rings is 2. The van der Waals surface area contributed by atoms with E-state index in [0.29, 0.717) is 23.4 Å². The van der Waals surface area contributed by atoms with Crippen LogP contribution < -0.4 is 10.6 Å². The number of aromatic amines is 1. The van der Waals surface area contributed by atoms with E-state index in [-0.39, 0.29) is 6.03 Å². The van der Waals surface area contributed by atoms with Gasteiger partial charge in [-0.3, -0.25) is 5.10 Å². The Morgan fingerprint density at radius 2 is 1.86 bits per heavy atom. The number of anilines is 1. The molecule has 144 valence electrons. The van der Waals surface area contributed by atoms with E-state index in [2.05, 4.69) is 31.0 Å². The van der Waals surface area contributed by atoms with Crippen LogP contribution in [0.5, 0.6) is 0 Å². The SMILES string of the molecule is O=C(Nc1cccc(-c2nc(-c3ccc(-c4ccn[nH]4)cc3)no2)c1)NC1CC1. The van der Waals surface area contributed by atoms with E-state index >= 15 is 0 Å². The Hall–Kier alpha value is -3.94. The van der Waals surface area contributed by atoms with Gasteiger partial charge in [-0.05, 0) is 42.7 Å². The van der Waals surface area contributed by atoms with E-state index in [1.54, 1.807) is 6.20 Å². The highest BCUT2D eigenvalue weighted by Crippen LogP contribution is 2.26. The van der Waals surface area contributed by atoms with Crippen molar-refractivity contribution in [1.29, 1.82) is 0 Å². The zero-order chi connectivity index (χ0) is 19.6. The van der Waals surface area contributed by atoms with Crippen LogP contribution in [-0.2, 0) is 0 Å². The summed E-state index contributed by atoms with van der Waals surface area (Å²) in [5, 5.41) is 16.7. The Kier molecular flexibility index (Phi) is 4.28. The maximum Gasteiger partial charge on any atom is 0.319 e. The molecule has 0 saturated heterocycles. The van der Waals surface area contributed by atoms with Crippen LogP contribution in [0, 0.1) is 0 Å². The van der Waals surface area contributed by atoms with Crippen LogP contribution >= 0.6 is 0 Å². The number of hydrogen-bond donors (Lipinski definition) is 3. The van der Waals surface area contributed by atoms with Gasteiger partial charge in [0.05, 0.1) is 5.69 Å². The standard InChI is InChI=1S/C21H18N6O2/c28-21(23-16-8-9-16)24-17-3-1-2-15(12-17)20-25-19(27-29-20)14-6-4-13(5-7-14)18-10-11-22-26-18/h1-7,10-12,16H,8-9H2,(H,22,26)(H2,23,24,28). The van der Waals surface area contributed by atoms with Crippen molar-refractivity contribution in [3.05, 3.63) is 60.8 Å². The van der Waals surface area contributed by atoms with Gasteiger partial charge in [-0.2, -0.15) is 10.1 Å². The molecule has 3 N–H and O–H groups in total. The summed E-state index contributed by atoms with van der Waals surface area (Å²) in [4.78, 5) is 16.4. The molecule has 1 aliphatic rings. The molecular weight excluding hydrogens is 368 g/mol. The summed E-state index contributed by atoms with van der Waals surface area (Å²) >= 11 is 0. The first-order valence-corrected chi connectivity index (χ1v) is 9.36. The zero-order valence-electron chi connectivity index (χ0n) is 15.4. The zero-order valence-corrected chi connectivity index (χ0v) is 15.4. The van der Waals surface area contributed by atoms with Gasteiger partial charge >= 0.3 is 6.03 Å². The molecule has 8 heteroatoms. The van der Waals surface area contributed by atoms with Gasteiger partial charge in [0.15, 0.2) is 0 Å². The van der Waals surface area contributed by atoms with Crippen LogP contribution in [0.3, 0.4) is 0 Å². The third-order valence-corrected chi connectivity index (χ3v) is 4.66. The molecule has 2 aromatic carbocycles. The Balaban J connectivity index is 1.33. The molecule has 2 amide bonds.